The topological polar surface area (TPSA) is 0 Å². The van der Waals surface area contributed by atoms with Gasteiger partial charge in [-0.25, -0.2) is 0 Å². The van der Waals surface area contributed by atoms with Gasteiger partial charge in [0.25, 0.3) is 0 Å². The first-order chi connectivity index (χ1) is 15.5. The Morgan fingerprint density at radius 2 is 1.26 bits per heavy atom. The normalized spacial score (nSPS) is 21.5. The van der Waals surface area contributed by atoms with Crippen LogP contribution in [0.15, 0.2) is 69.1 Å². The molecule has 0 fully saturated rings. The first-order valence-corrected chi connectivity index (χ1v) is 24.1. The minimum absolute atomic E-state index is 0.0967. The van der Waals surface area contributed by atoms with Gasteiger partial charge < -0.3 is 0 Å². The zero-order chi connectivity index (χ0) is 25.9. The van der Waals surface area contributed by atoms with Gasteiger partial charge in [-0.15, -0.1) is 0 Å². The third-order valence-corrected chi connectivity index (χ3v) is 21.3. The Bertz CT molecular complexity index is 1140. The van der Waals surface area contributed by atoms with Crippen LogP contribution >= 0.6 is 0 Å². The third kappa shape index (κ3) is 4.17. The van der Waals surface area contributed by atoms with Crippen LogP contribution in [0.1, 0.15) is 47.1 Å². The predicted molar refractivity (Wildman–Crippen MR) is 158 cm³/mol. The van der Waals surface area contributed by atoms with Crippen LogP contribution in [0.4, 0.5) is 0 Å². The summed E-state index contributed by atoms with van der Waals surface area (Å²) in [5, 5.41) is 12.8. The summed E-state index contributed by atoms with van der Waals surface area (Å²) in [6.45, 7) is 24.9. The van der Waals surface area contributed by atoms with Crippen LogP contribution in [0, 0.1) is 6.92 Å². The molecule has 2 aromatic rings. The van der Waals surface area contributed by atoms with Crippen LogP contribution in [-0.2, 0) is 16.6 Å². The monoisotopic (exact) mass is 524 g/mol. The van der Waals surface area contributed by atoms with Crippen molar-refractivity contribution in [2.45, 2.75) is 94.4 Å². The van der Waals surface area contributed by atoms with Crippen LogP contribution in [0.2, 0.25) is 45.9 Å². The Balaban J connectivity index is 2.61. The molecule has 34 heavy (non-hydrogen) atoms. The molecule has 0 saturated heterocycles. The van der Waals surface area contributed by atoms with E-state index in [0.717, 1.165) is 0 Å². The van der Waals surface area contributed by atoms with Gasteiger partial charge in [0.15, 0.2) is 0 Å². The number of hydrogen-bond donors (Lipinski definition) is 0. The maximum absolute atomic E-state index is 2.67. The molecular formula is C31H48Si2Ti. The minimum atomic E-state index is -2.32. The molecule has 0 amide bonds. The Kier molecular flexibility index (Phi) is 7.47. The van der Waals surface area contributed by atoms with Crippen molar-refractivity contribution in [3.8, 4) is 0 Å². The van der Waals surface area contributed by atoms with Crippen molar-refractivity contribution in [1.29, 1.82) is 0 Å². The molecule has 0 aliphatic heterocycles. The van der Waals surface area contributed by atoms with E-state index in [1.165, 1.54) is 5.56 Å². The van der Waals surface area contributed by atoms with E-state index in [2.05, 4.69) is 132 Å². The third-order valence-electron chi connectivity index (χ3n) is 8.78. The van der Waals surface area contributed by atoms with Gasteiger partial charge in [-0.3, -0.25) is 0 Å². The average molecular weight is 525 g/mol. The molecule has 0 radical (unpaired) electrons. The van der Waals surface area contributed by atoms with E-state index in [1.54, 1.807) is 32.3 Å². The summed E-state index contributed by atoms with van der Waals surface area (Å²) < 4.78 is 1.85. The summed E-state index contributed by atoms with van der Waals surface area (Å²) in [5.74, 6) is 0. The summed E-state index contributed by atoms with van der Waals surface area (Å²) in [6, 6.07) is 19.4. The van der Waals surface area contributed by atoms with Crippen molar-refractivity contribution in [3.63, 3.8) is 0 Å². The fourth-order valence-electron chi connectivity index (χ4n) is 7.34. The molecule has 2 atom stereocenters. The van der Waals surface area contributed by atoms with Gasteiger partial charge >= 0.3 is 217 Å². The second-order valence-corrected chi connectivity index (χ2v) is 31.1. The van der Waals surface area contributed by atoms with Crippen molar-refractivity contribution in [2.75, 3.05) is 0 Å². The van der Waals surface area contributed by atoms with Crippen LogP contribution in [0.25, 0.3) is 0 Å². The average Bonchev–Trinajstić information content (AvgIpc) is 2.88. The van der Waals surface area contributed by atoms with Crippen LogP contribution in [0.5, 0.6) is 0 Å². The van der Waals surface area contributed by atoms with Gasteiger partial charge in [0.05, 0.1) is 0 Å². The predicted octanol–water partition coefficient (Wildman–Crippen LogP) is 8.20. The van der Waals surface area contributed by atoms with Crippen LogP contribution in [0.3, 0.4) is 0 Å². The van der Waals surface area contributed by atoms with Gasteiger partial charge in [0.1, 0.15) is 0 Å². The molecule has 1 aliphatic rings. The maximum atomic E-state index is 2.67. The van der Waals surface area contributed by atoms with E-state index in [1.807, 2.05) is 3.88 Å². The standard InChI is InChI=1S/C28H39Si2.3CH3.Ti/c1-20(2)30(25-14-12-11-13-15-25,28(7)19-22(4)23(5)24(28)6)27-17-21(3)16-26(18-27)29(8,9)10;;;;/h11-18,20H,1-10H3;3*1H3;. The van der Waals surface area contributed by atoms with E-state index in [0.29, 0.717) is 5.54 Å². The molecular weight excluding hydrogens is 476 g/mol. The summed E-state index contributed by atoms with van der Waals surface area (Å²) in [6.07, 6.45) is 0. The van der Waals surface area contributed by atoms with E-state index >= 15 is 0 Å². The number of aryl methyl sites for hydroxylation is 1. The molecule has 1 aliphatic carbocycles. The number of allylic oxidation sites excluding steroid dienone is 4. The Morgan fingerprint density at radius 3 is 1.74 bits per heavy atom. The van der Waals surface area contributed by atoms with E-state index in [9.17, 15) is 0 Å². The van der Waals surface area contributed by atoms with Crippen LogP contribution in [-0.4, -0.2) is 16.1 Å². The Morgan fingerprint density at radius 1 is 0.735 bits per heavy atom. The number of benzene rings is 2. The van der Waals surface area contributed by atoms with Gasteiger partial charge in [-0.2, -0.15) is 0 Å². The molecule has 0 aromatic heterocycles. The first kappa shape index (κ1) is 27.7. The van der Waals surface area contributed by atoms with Gasteiger partial charge in [-0.1, -0.05) is 0 Å². The zero-order valence-corrected chi connectivity index (χ0v) is 27.8. The molecule has 0 spiro atoms. The van der Waals surface area contributed by atoms with Crippen molar-refractivity contribution >= 4 is 31.7 Å². The van der Waals surface area contributed by atoms with Gasteiger partial charge in [0.2, 0.25) is 0 Å². The molecule has 3 rings (SSSR count). The summed E-state index contributed by atoms with van der Waals surface area (Å²) in [5.41, 5.74) is 6.82. The van der Waals surface area contributed by atoms with E-state index in [4.69, 9.17) is 0 Å². The Hall–Kier alpha value is -0.932. The Labute approximate surface area is 216 Å². The molecule has 2 unspecified atom stereocenters. The van der Waals surface area contributed by atoms with Crippen molar-refractivity contribution in [1.82, 2.24) is 0 Å². The molecule has 3 heteroatoms. The molecule has 184 valence electrons. The second-order valence-electron chi connectivity index (χ2n) is 13.3. The van der Waals surface area contributed by atoms with Crippen molar-refractivity contribution < 1.29 is 16.6 Å². The molecule has 0 nitrogen and oxygen atoms in total. The van der Waals surface area contributed by atoms with Crippen molar-refractivity contribution in [3.05, 3.63) is 74.7 Å². The van der Waals surface area contributed by atoms with Gasteiger partial charge in [-0.05, 0) is 0 Å². The van der Waals surface area contributed by atoms with Gasteiger partial charge in [0, 0.05) is 0 Å². The van der Waals surface area contributed by atoms with E-state index < -0.39 is 32.7 Å². The van der Waals surface area contributed by atoms with Crippen molar-refractivity contribution in [2.24, 2.45) is 0 Å². The summed E-state index contributed by atoms with van der Waals surface area (Å²) in [7, 11) is -3.79. The molecule has 2 aromatic carbocycles. The van der Waals surface area contributed by atoms with Crippen LogP contribution < -0.4 is 15.6 Å². The molecule has 0 heterocycles. The van der Waals surface area contributed by atoms with E-state index in [-0.39, 0.29) is 5.04 Å². The quantitative estimate of drug-likeness (QED) is 0.334. The molecule has 0 saturated carbocycles. The fourth-order valence-corrected chi connectivity index (χ4v) is 22.8. The number of rotatable bonds is 6. The molecule has 0 N–H and O–H groups in total. The second kappa shape index (κ2) is 9.18. The summed E-state index contributed by atoms with van der Waals surface area (Å²) in [4.78, 5) is 0. The zero-order valence-electron chi connectivity index (χ0n) is 24.2. The SMILES string of the molecule is CC1=C(C)C(C)([Si](c2ccccc2)(c2cc(C)cc([Si](C)(C)C)c2)C(C)C)[C]([Ti]([CH3])([CH3])[CH3])=C1C. The summed E-state index contributed by atoms with van der Waals surface area (Å²) >= 11 is -2.21. The fraction of sp³-hybridized carbons (Fsp3) is 0.484. The first-order valence-electron chi connectivity index (χ1n) is 13.1. The molecule has 0 bridgehead atoms. The number of hydrogen-bond acceptors (Lipinski definition) is 0.